The van der Waals surface area contributed by atoms with Crippen LogP contribution in [0.25, 0.3) is 10.8 Å². The van der Waals surface area contributed by atoms with Gasteiger partial charge in [0.15, 0.2) is 0 Å². The maximum Gasteiger partial charge on any atom is 0.264 e. The molecule has 1 N–H and O–H groups in total. The second-order valence-corrected chi connectivity index (χ2v) is 7.92. The fraction of sp³-hybridized carbons (Fsp3) is 0.273. The van der Waals surface area contributed by atoms with E-state index in [2.05, 4.69) is 35.6 Å². The number of rotatable bonds is 4. The summed E-state index contributed by atoms with van der Waals surface area (Å²) in [5, 5.41) is 7.33. The molecule has 2 aromatic carbocycles. The summed E-state index contributed by atoms with van der Waals surface area (Å²) in [6.07, 6.45) is 1.58. The third-order valence-corrected chi connectivity index (χ3v) is 6.04. The molecular formula is C22H22N2O2S. The molecule has 3 aromatic rings. The van der Waals surface area contributed by atoms with Crippen molar-refractivity contribution >= 4 is 33.9 Å². The van der Waals surface area contributed by atoms with Gasteiger partial charge in [-0.3, -0.25) is 9.59 Å². The molecule has 0 unspecified atom stereocenters. The zero-order valence-electron chi connectivity index (χ0n) is 15.2. The number of nitrogens with one attached hydrogen (secondary N) is 1. The van der Waals surface area contributed by atoms with Gasteiger partial charge in [-0.05, 0) is 53.6 Å². The predicted molar refractivity (Wildman–Crippen MR) is 109 cm³/mol. The molecule has 0 spiro atoms. The van der Waals surface area contributed by atoms with Crippen LogP contribution in [0, 0.1) is 0 Å². The number of amides is 2. The van der Waals surface area contributed by atoms with Crippen LogP contribution in [0.3, 0.4) is 0 Å². The fourth-order valence-electron chi connectivity index (χ4n) is 3.69. The molecule has 2 atom stereocenters. The van der Waals surface area contributed by atoms with Gasteiger partial charge < -0.3 is 10.2 Å². The summed E-state index contributed by atoms with van der Waals surface area (Å²) in [5.74, 6) is -0.112. The number of hydrogen-bond donors (Lipinski definition) is 1. The third-order valence-electron chi connectivity index (χ3n) is 5.18. The minimum Gasteiger partial charge on any atom is -0.348 e. The van der Waals surface area contributed by atoms with Gasteiger partial charge in [-0.25, -0.2) is 0 Å². The van der Waals surface area contributed by atoms with Crippen LogP contribution in [0.15, 0.2) is 60.0 Å². The van der Waals surface area contributed by atoms with Crippen LogP contribution >= 0.6 is 11.3 Å². The molecule has 0 bridgehead atoms. The summed E-state index contributed by atoms with van der Waals surface area (Å²) in [4.78, 5) is 28.0. The number of nitrogens with zero attached hydrogens (tertiary/aromatic N) is 1. The Hall–Kier alpha value is -2.66. The van der Waals surface area contributed by atoms with Crippen LogP contribution in [-0.4, -0.2) is 29.3 Å². The molecule has 4 nitrogen and oxygen atoms in total. The van der Waals surface area contributed by atoms with Crippen molar-refractivity contribution in [2.45, 2.75) is 31.8 Å². The van der Waals surface area contributed by atoms with Crippen LogP contribution in [0.1, 0.15) is 41.0 Å². The Balaban J connectivity index is 1.47. The molecule has 0 saturated carbocycles. The highest BCUT2D eigenvalue weighted by Gasteiger charge is 2.35. The summed E-state index contributed by atoms with van der Waals surface area (Å²) in [7, 11) is 0. The lowest BCUT2D eigenvalue weighted by molar-refractivity contribution is -0.125. The maximum absolute atomic E-state index is 12.9. The summed E-state index contributed by atoms with van der Waals surface area (Å²) in [6, 6.07) is 17.6. The molecule has 1 aliphatic rings. The average Bonchev–Trinajstić information content (AvgIpc) is 3.39. The highest BCUT2D eigenvalue weighted by atomic mass is 32.1. The Morgan fingerprint density at radius 2 is 1.93 bits per heavy atom. The Bertz CT molecular complexity index is 967. The molecular weight excluding hydrogens is 356 g/mol. The van der Waals surface area contributed by atoms with Gasteiger partial charge >= 0.3 is 0 Å². The van der Waals surface area contributed by atoms with E-state index in [9.17, 15) is 9.59 Å². The van der Waals surface area contributed by atoms with Gasteiger partial charge in [0.25, 0.3) is 5.91 Å². The van der Waals surface area contributed by atoms with Crippen molar-refractivity contribution in [2.75, 3.05) is 6.54 Å². The zero-order valence-corrected chi connectivity index (χ0v) is 16.0. The van der Waals surface area contributed by atoms with Crippen molar-refractivity contribution in [3.8, 4) is 0 Å². The van der Waals surface area contributed by atoms with Crippen molar-refractivity contribution in [3.63, 3.8) is 0 Å². The second-order valence-electron chi connectivity index (χ2n) is 6.97. The number of benzene rings is 2. The molecule has 4 rings (SSSR count). The topological polar surface area (TPSA) is 49.4 Å². The molecule has 27 heavy (non-hydrogen) atoms. The standard InChI is InChI=1S/C22H22N2O2S/c1-15(17-11-10-16-6-2-3-7-18(16)14-17)23-21(25)19-8-4-12-24(19)22(26)20-9-5-13-27-20/h2-3,5-7,9-11,13-15,19H,4,8,12H2,1H3,(H,23,25)/t15-,19-/m0/s1. The van der Waals surface area contributed by atoms with E-state index in [1.54, 1.807) is 4.90 Å². The van der Waals surface area contributed by atoms with Gasteiger partial charge in [0, 0.05) is 6.54 Å². The number of hydrogen-bond acceptors (Lipinski definition) is 3. The van der Waals surface area contributed by atoms with Crippen molar-refractivity contribution in [1.82, 2.24) is 10.2 Å². The van der Waals surface area contributed by atoms with Crippen LogP contribution < -0.4 is 5.32 Å². The lowest BCUT2D eigenvalue weighted by atomic mass is 10.0. The first-order valence-electron chi connectivity index (χ1n) is 9.27. The molecule has 138 valence electrons. The predicted octanol–water partition coefficient (Wildman–Crippen LogP) is 4.38. The highest BCUT2D eigenvalue weighted by molar-refractivity contribution is 7.12. The van der Waals surface area contributed by atoms with E-state index in [4.69, 9.17) is 0 Å². The maximum atomic E-state index is 12.9. The van der Waals surface area contributed by atoms with Gasteiger partial charge in [-0.15, -0.1) is 11.3 Å². The molecule has 0 aliphatic carbocycles. The van der Waals surface area contributed by atoms with Gasteiger partial charge in [0.1, 0.15) is 6.04 Å². The molecule has 2 heterocycles. The normalized spacial score (nSPS) is 17.8. The summed E-state index contributed by atoms with van der Waals surface area (Å²) >= 11 is 1.42. The Morgan fingerprint density at radius 1 is 1.11 bits per heavy atom. The number of fused-ring (bicyclic) bond motifs is 1. The smallest absolute Gasteiger partial charge is 0.264 e. The molecule has 0 radical (unpaired) electrons. The Labute approximate surface area is 162 Å². The largest absolute Gasteiger partial charge is 0.348 e. The monoisotopic (exact) mass is 378 g/mol. The first-order valence-corrected chi connectivity index (χ1v) is 10.1. The first kappa shape index (κ1) is 17.7. The fourth-order valence-corrected chi connectivity index (χ4v) is 4.37. The van der Waals surface area contributed by atoms with Crippen LogP contribution in [-0.2, 0) is 4.79 Å². The number of thiophene rings is 1. The van der Waals surface area contributed by atoms with Gasteiger partial charge in [0.2, 0.25) is 5.91 Å². The Kier molecular flexibility index (Phi) is 4.94. The molecule has 1 fully saturated rings. The average molecular weight is 378 g/mol. The van der Waals surface area contributed by atoms with Gasteiger partial charge in [0.05, 0.1) is 10.9 Å². The summed E-state index contributed by atoms with van der Waals surface area (Å²) < 4.78 is 0. The molecule has 2 amide bonds. The Morgan fingerprint density at radius 3 is 2.70 bits per heavy atom. The van der Waals surface area contributed by atoms with Crippen molar-refractivity contribution in [3.05, 3.63) is 70.4 Å². The van der Waals surface area contributed by atoms with E-state index >= 15 is 0 Å². The minimum atomic E-state index is -0.387. The van der Waals surface area contributed by atoms with E-state index in [0.717, 1.165) is 17.4 Å². The minimum absolute atomic E-state index is 0.0407. The molecule has 1 aromatic heterocycles. The summed E-state index contributed by atoms with van der Waals surface area (Å²) in [6.45, 7) is 2.63. The number of carbonyl (C=O) groups excluding carboxylic acids is 2. The van der Waals surface area contributed by atoms with Gasteiger partial charge in [-0.1, -0.05) is 42.5 Å². The van der Waals surface area contributed by atoms with Crippen molar-refractivity contribution in [1.29, 1.82) is 0 Å². The summed E-state index contributed by atoms with van der Waals surface area (Å²) in [5.41, 5.74) is 1.07. The van der Waals surface area contributed by atoms with E-state index in [0.29, 0.717) is 17.8 Å². The SMILES string of the molecule is C[C@H](NC(=O)[C@@H]1CCCN1C(=O)c1cccs1)c1ccc2ccccc2c1. The van der Waals surface area contributed by atoms with E-state index in [1.165, 1.54) is 16.7 Å². The molecule has 1 aliphatic heterocycles. The van der Waals surface area contributed by atoms with Crippen molar-refractivity contribution in [2.24, 2.45) is 0 Å². The van der Waals surface area contributed by atoms with Crippen molar-refractivity contribution < 1.29 is 9.59 Å². The van der Waals surface area contributed by atoms with E-state index < -0.39 is 0 Å². The molecule has 1 saturated heterocycles. The third kappa shape index (κ3) is 3.60. The van der Waals surface area contributed by atoms with Crippen LogP contribution in [0.5, 0.6) is 0 Å². The highest BCUT2D eigenvalue weighted by Crippen LogP contribution is 2.24. The van der Waals surface area contributed by atoms with Gasteiger partial charge in [-0.2, -0.15) is 0 Å². The number of likely N-dealkylation sites (tertiary alicyclic amines) is 1. The first-order chi connectivity index (χ1) is 13.1. The second kappa shape index (κ2) is 7.53. The quantitative estimate of drug-likeness (QED) is 0.732. The zero-order chi connectivity index (χ0) is 18.8. The lowest BCUT2D eigenvalue weighted by Crippen LogP contribution is -2.46. The van der Waals surface area contributed by atoms with Crippen LogP contribution in [0.4, 0.5) is 0 Å². The molecule has 5 heteroatoms. The van der Waals surface area contributed by atoms with Crippen LogP contribution in [0.2, 0.25) is 0 Å². The van der Waals surface area contributed by atoms with E-state index in [1.807, 2.05) is 36.6 Å². The van der Waals surface area contributed by atoms with E-state index in [-0.39, 0.29) is 23.9 Å². The number of carbonyl (C=O) groups is 2. The lowest BCUT2D eigenvalue weighted by Gasteiger charge is -2.25.